The maximum Gasteiger partial charge on any atom is 0.417 e. The van der Waals surface area contributed by atoms with Gasteiger partial charge < -0.3 is 10.4 Å². The Morgan fingerprint density at radius 3 is 2.48 bits per heavy atom. The third kappa shape index (κ3) is 5.22. The fourth-order valence-corrected chi connectivity index (χ4v) is 3.20. The van der Waals surface area contributed by atoms with Crippen LogP contribution in [0, 0.1) is 0 Å². The van der Waals surface area contributed by atoms with E-state index in [-0.39, 0.29) is 30.1 Å². The lowest BCUT2D eigenvalue weighted by Crippen LogP contribution is -2.45. The Morgan fingerprint density at radius 1 is 1.26 bits per heavy atom. The Bertz CT molecular complexity index is 494. The van der Waals surface area contributed by atoms with Crippen LogP contribution in [0.4, 0.5) is 13.2 Å². The van der Waals surface area contributed by atoms with Crippen LogP contribution in [-0.4, -0.2) is 42.8 Å². The molecule has 1 aromatic rings. The highest BCUT2D eigenvalue weighted by Gasteiger charge is 2.35. The van der Waals surface area contributed by atoms with Gasteiger partial charge in [-0.25, -0.2) is 0 Å². The first-order chi connectivity index (χ1) is 10.4. The van der Waals surface area contributed by atoms with Crippen LogP contribution in [0.25, 0.3) is 0 Å². The van der Waals surface area contributed by atoms with E-state index in [4.69, 9.17) is 16.7 Å². The van der Waals surface area contributed by atoms with Crippen LogP contribution in [0.5, 0.6) is 0 Å². The number of aliphatic hydroxyl groups is 1. The first-order valence-corrected chi connectivity index (χ1v) is 7.74. The monoisotopic (exact) mass is 372 g/mol. The van der Waals surface area contributed by atoms with Crippen LogP contribution in [0.1, 0.15) is 30.0 Å². The van der Waals surface area contributed by atoms with Gasteiger partial charge in [0.15, 0.2) is 0 Å². The molecule has 0 aliphatic carbocycles. The molecule has 1 aliphatic heterocycles. The molecule has 132 valence electrons. The Hall–Kier alpha value is -0.530. The lowest BCUT2D eigenvalue weighted by molar-refractivity contribution is -0.137. The molecule has 1 atom stereocenters. The predicted octanol–water partition coefficient (Wildman–Crippen LogP) is 3.50. The first kappa shape index (κ1) is 20.5. The van der Waals surface area contributed by atoms with Crippen LogP contribution in [0.3, 0.4) is 0 Å². The molecule has 1 aliphatic rings. The molecule has 0 spiro atoms. The minimum Gasteiger partial charge on any atom is -0.396 e. The van der Waals surface area contributed by atoms with E-state index in [9.17, 15) is 13.2 Å². The molecule has 2 rings (SSSR count). The van der Waals surface area contributed by atoms with E-state index in [0.717, 1.165) is 32.2 Å². The summed E-state index contributed by atoms with van der Waals surface area (Å²) in [5.74, 6) is 0. The number of benzene rings is 1. The van der Waals surface area contributed by atoms with Crippen LogP contribution >= 0.6 is 24.0 Å². The van der Waals surface area contributed by atoms with E-state index in [1.54, 1.807) is 6.07 Å². The van der Waals surface area contributed by atoms with Crippen molar-refractivity contribution in [2.45, 2.75) is 25.1 Å². The minimum absolute atomic E-state index is 0. The molecule has 8 heteroatoms. The number of nitrogens with one attached hydrogen (secondary N) is 1. The predicted molar refractivity (Wildman–Crippen MR) is 87.2 cm³/mol. The molecule has 1 aromatic carbocycles. The largest absolute Gasteiger partial charge is 0.417 e. The summed E-state index contributed by atoms with van der Waals surface area (Å²) in [6.07, 6.45) is -3.35. The van der Waals surface area contributed by atoms with E-state index in [1.807, 2.05) is 0 Å². The molecule has 0 radical (unpaired) electrons. The van der Waals surface area contributed by atoms with Gasteiger partial charge in [-0.15, -0.1) is 12.4 Å². The maximum absolute atomic E-state index is 13.0. The standard InChI is InChI=1S/C15H20ClF3N2O.ClH/c16-14-11(3-1-4-12(14)15(17,18)19)13(5-2-10-22)21-8-6-20-7-9-21;/h1,3-4,13,20,22H,2,5-10H2;1H/t13-;/m1./s1. The fourth-order valence-electron chi connectivity index (χ4n) is 2.84. The number of hydrogen-bond acceptors (Lipinski definition) is 3. The summed E-state index contributed by atoms with van der Waals surface area (Å²) >= 11 is 6.06. The van der Waals surface area contributed by atoms with Gasteiger partial charge in [-0.2, -0.15) is 13.2 Å². The zero-order valence-electron chi connectivity index (χ0n) is 12.6. The lowest BCUT2D eigenvalue weighted by Gasteiger charge is -2.36. The first-order valence-electron chi connectivity index (χ1n) is 7.36. The van der Waals surface area contributed by atoms with Crippen molar-refractivity contribution in [1.82, 2.24) is 10.2 Å². The number of aliphatic hydroxyl groups excluding tert-OH is 1. The minimum atomic E-state index is -4.46. The number of hydrogen-bond donors (Lipinski definition) is 2. The second-order valence-corrected chi connectivity index (χ2v) is 5.75. The molecule has 1 fully saturated rings. The second-order valence-electron chi connectivity index (χ2n) is 5.37. The molecule has 2 N–H and O–H groups in total. The van der Waals surface area contributed by atoms with E-state index in [2.05, 4.69) is 10.2 Å². The second kappa shape index (κ2) is 9.08. The molecule has 23 heavy (non-hydrogen) atoms. The molecule has 0 saturated carbocycles. The highest BCUT2D eigenvalue weighted by atomic mass is 35.5. The van der Waals surface area contributed by atoms with Crippen LogP contribution < -0.4 is 5.32 Å². The summed E-state index contributed by atoms with van der Waals surface area (Å²) in [5, 5.41) is 12.1. The van der Waals surface area contributed by atoms with E-state index in [0.29, 0.717) is 18.4 Å². The SMILES string of the molecule is Cl.OCCC[C@H](c1cccc(C(F)(F)F)c1Cl)N1CCNCC1. The van der Waals surface area contributed by atoms with Gasteiger partial charge in [-0.1, -0.05) is 23.7 Å². The van der Waals surface area contributed by atoms with Crippen molar-refractivity contribution in [3.63, 3.8) is 0 Å². The molecule has 1 heterocycles. The average molecular weight is 373 g/mol. The zero-order valence-corrected chi connectivity index (χ0v) is 14.1. The van der Waals surface area contributed by atoms with Crippen LogP contribution in [0.15, 0.2) is 18.2 Å². The summed E-state index contributed by atoms with van der Waals surface area (Å²) in [5.41, 5.74) is -0.303. The van der Waals surface area contributed by atoms with E-state index in [1.165, 1.54) is 6.07 Å². The quantitative estimate of drug-likeness (QED) is 0.830. The number of piperazine rings is 1. The van der Waals surface area contributed by atoms with Crippen LogP contribution in [0.2, 0.25) is 5.02 Å². The molecular weight excluding hydrogens is 352 g/mol. The third-order valence-corrected chi connectivity index (χ3v) is 4.34. The topological polar surface area (TPSA) is 35.5 Å². The Balaban J connectivity index is 0.00000264. The van der Waals surface area contributed by atoms with Crippen molar-refractivity contribution in [3.05, 3.63) is 34.3 Å². The van der Waals surface area contributed by atoms with Gasteiger partial charge in [-0.05, 0) is 24.5 Å². The summed E-state index contributed by atoms with van der Waals surface area (Å²) in [7, 11) is 0. The highest BCUT2D eigenvalue weighted by Crippen LogP contribution is 2.40. The zero-order chi connectivity index (χ0) is 16.2. The van der Waals surface area contributed by atoms with Gasteiger partial charge in [0, 0.05) is 38.8 Å². The van der Waals surface area contributed by atoms with Gasteiger partial charge in [-0.3, -0.25) is 4.90 Å². The summed E-state index contributed by atoms with van der Waals surface area (Å²) in [6, 6.07) is 3.86. The van der Waals surface area contributed by atoms with Gasteiger partial charge in [0.25, 0.3) is 0 Å². The molecule has 0 aromatic heterocycles. The highest BCUT2D eigenvalue weighted by molar-refractivity contribution is 6.32. The van der Waals surface area contributed by atoms with Gasteiger partial charge in [0.05, 0.1) is 10.6 Å². The molecule has 3 nitrogen and oxygen atoms in total. The van der Waals surface area contributed by atoms with Gasteiger partial charge in [0.1, 0.15) is 0 Å². The normalized spacial score (nSPS) is 17.6. The molecular formula is C15H21Cl2F3N2O. The number of halogens is 5. The van der Waals surface area contributed by atoms with Crippen molar-refractivity contribution < 1.29 is 18.3 Å². The fraction of sp³-hybridized carbons (Fsp3) is 0.600. The molecule has 0 amide bonds. The summed E-state index contributed by atoms with van der Waals surface area (Å²) in [6.45, 7) is 3.11. The summed E-state index contributed by atoms with van der Waals surface area (Å²) in [4.78, 5) is 2.13. The molecule has 0 unspecified atom stereocenters. The summed E-state index contributed by atoms with van der Waals surface area (Å²) < 4.78 is 39.1. The average Bonchev–Trinajstić information content (AvgIpc) is 2.49. The van der Waals surface area contributed by atoms with Crippen molar-refractivity contribution in [2.24, 2.45) is 0 Å². The van der Waals surface area contributed by atoms with Crippen molar-refractivity contribution in [1.29, 1.82) is 0 Å². The Kier molecular flexibility index (Phi) is 8.10. The smallest absolute Gasteiger partial charge is 0.396 e. The number of nitrogens with zero attached hydrogens (tertiary/aromatic N) is 1. The van der Waals surface area contributed by atoms with Gasteiger partial charge in [0.2, 0.25) is 0 Å². The number of rotatable bonds is 5. The van der Waals surface area contributed by atoms with Gasteiger partial charge >= 0.3 is 6.18 Å². The Morgan fingerprint density at radius 2 is 1.91 bits per heavy atom. The lowest BCUT2D eigenvalue weighted by atomic mass is 9.97. The number of alkyl halides is 3. The van der Waals surface area contributed by atoms with Crippen molar-refractivity contribution in [2.75, 3.05) is 32.8 Å². The van der Waals surface area contributed by atoms with E-state index >= 15 is 0 Å². The van der Waals surface area contributed by atoms with E-state index < -0.39 is 11.7 Å². The maximum atomic E-state index is 13.0. The third-order valence-electron chi connectivity index (χ3n) is 3.92. The Labute approximate surface area is 145 Å². The van der Waals surface area contributed by atoms with Crippen molar-refractivity contribution >= 4 is 24.0 Å². The molecule has 1 saturated heterocycles. The molecule has 0 bridgehead atoms. The van der Waals surface area contributed by atoms with Crippen LogP contribution in [-0.2, 0) is 6.18 Å². The van der Waals surface area contributed by atoms with Crippen molar-refractivity contribution in [3.8, 4) is 0 Å².